The molecule has 0 aliphatic carbocycles. The molecule has 5 heterocycles. The van der Waals surface area contributed by atoms with Gasteiger partial charge in [0.05, 0.1) is 50.0 Å². The van der Waals surface area contributed by atoms with Crippen LogP contribution in [0.2, 0.25) is 0 Å². The Morgan fingerprint density at radius 2 is 0.714 bits per heavy atom. The van der Waals surface area contributed by atoms with Crippen LogP contribution in [0.1, 0.15) is 0 Å². The first-order valence-electron chi connectivity index (χ1n) is 21.3. The van der Waals surface area contributed by atoms with E-state index in [0.717, 1.165) is 94.3 Å². The van der Waals surface area contributed by atoms with E-state index in [1.54, 1.807) is 0 Å². The number of rotatable bonds is 6. The lowest BCUT2D eigenvalue weighted by atomic mass is 10.0. The van der Waals surface area contributed by atoms with Crippen molar-refractivity contribution in [2.45, 2.75) is 0 Å². The Kier molecular flexibility index (Phi) is 7.80. The minimum absolute atomic E-state index is 0.642. The lowest BCUT2D eigenvalue weighted by Crippen LogP contribution is -2.03. The molecular formula is C57H36N6. The maximum Gasteiger partial charge on any atom is 0.235 e. The molecule has 6 heteroatoms. The van der Waals surface area contributed by atoms with E-state index in [9.17, 15) is 0 Å². The number of para-hydroxylation sites is 3. The van der Waals surface area contributed by atoms with Gasteiger partial charge in [0, 0.05) is 55.6 Å². The summed E-state index contributed by atoms with van der Waals surface area (Å²) in [6, 6.07) is 75.4. The molecule has 0 amide bonds. The number of hydrogen-bond acceptors (Lipinski definition) is 3. The lowest BCUT2D eigenvalue weighted by molar-refractivity contribution is 0.995. The maximum atomic E-state index is 5.23. The monoisotopic (exact) mass is 804 g/mol. The SMILES string of the molecule is c1ccc(-c2cc(-c3ccccc3)nc(-n3c4ccccc4c4cc(-c5ccc6c(c5)c5ccccc5n6-c5ccc(-n6c7ccccc7c7ncccc76)cc5)ccc43)n2)cc1. The molecule has 0 saturated heterocycles. The molecule has 0 N–H and O–H groups in total. The highest BCUT2D eigenvalue weighted by Crippen LogP contribution is 2.39. The van der Waals surface area contributed by atoms with Crippen LogP contribution in [0.4, 0.5) is 0 Å². The zero-order valence-electron chi connectivity index (χ0n) is 34.0. The number of pyridine rings is 1. The second kappa shape index (κ2) is 14.0. The summed E-state index contributed by atoms with van der Waals surface area (Å²) in [5, 5.41) is 5.89. The third-order valence-electron chi connectivity index (χ3n) is 12.5. The van der Waals surface area contributed by atoms with Crippen molar-refractivity contribution >= 4 is 65.5 Å². The second-order valence-electron chi connectivity index (χ2n) is 16.1. The summed E-state index contributed by atoms with van der Waals surface area (Å²) < 4.78 is 6.91. The van der Waals surface area contributed by atoms with Crippen LogP contribution in [0.5, 0.6) is 0 Å². The Hall–Kier alpha value is -8.61. The van der Waals surface area contributed by atoms with Crippen LogP contribution in [-0.2, 0) is 0 Å². The van der Waals surface area contributed by atoms with Crippen LogP contribution >= 0.6 is 0 Å². The molecule has 13 aromatic rings. The third-order valence-corrected chi connectivity index (χ3v) is 12.5. The molecule has 294 valence electrons. The predicted octanol–water partition coefficient (Wildman–Crippen LogP) is 14.2. The summed E-state index contributed by atoms with van der Waals surface area (Å²) in [5.41, 5.74) is 16.1. The molecule has 5 aromatic heterocycles. The van der Waals surface area contributed by atoms with Crippen molar-refractivity contribution in [2.75, 3.05) is 0 Å². The minimum Gasteiger partial charge on any atom is -0.309 e. The van der Waals surface area contributed by atoms with Gasteiger partial charge < -0.3 is 9.13 Å². The quantitative estimate of drug-likeness (QED) is 0.168. The van der Waals surface area contributed by atoms with Gasteiger partial charge in [-0.05, 0) is 96.1 Å². The molecule has 13 rings (SSSR count). The molecule has 0 unspecified atom stereocenters. The Balaban J connectivity index is 0.934. The van der Waals surface area contributed by atoms with Crippen LogP contribution in [0.25, 0.3) is 117 Å². The first-order chi connectivity index (χ1) is 31.2. The molecular weight excluding hydrogens is 769 g/mol. The van der Waals surface area contributed by atoms with Crippen LogP contribution in [0.15, 0.2) is 219 Å². The molecule has 6 nitrogen and oxygen atoms in total. The average molecular weight is 805 g/mol. The van der Waals surface area contributed by atoms with Crippen molar-refractivity contribution in [2.24, 2.45) is 0 Å². The summed E-state index contributed by atoms with van der Waals surface area (Å²) in [5.74, 6) is 0.642. The second-order valence-corrected chi connectivity index (χ2v) is 16.1. The van der Waals surface area contributed by atoms with E-state index in [-0.39, 0.29) is 0 Å². The zero-order chi connectivity index (χ0) is 41.4. The van der Waals surface area contributed by atoms with Gasteiger partial charge in [0.15, 0.2) is 0 Å². The summed E-state index contributed by atoms with van der Waals surface area (Å²) in [7, 11) is 0. The van der Waals surface area contributed by atoms with E-state index in [4.69, 9.17) is 15.0 Å². The van der Waals surface area contributed by atoms with E-state index in [1.807, 2.05) is 24.4 Å². The lowest BCUT2D eigenvalue weighted by Gasteiger charge is -2.12. The zero-order valence-corrected chi connectivity index (χ0v) is 34.0. The molecule has 0 saturated carbocycles. The van der Waals surface area contributed by atoms with Crippen LogP contribution in [-0.4, -0.2) is 28.7 Å². The number of nitrogens with zero attached hydrogens (tertiary/aromatic N) is 6. The predicted molar refractivity (Wildman–Crippen MR) is 259 cm³/mol. The number of hydrogen-bond donors (Lipinski definition) is 0. The third kappa shape index (κ3) is 5.55. The highest BCUT2D eigenvalue weighted by molar-refractivity contribution is 6.13. The largest absolute Gasteiger partial charge is 0.309 e. The van der Waals surface area contributed by atoms with Crippen molar-refractivity contribution < 1.29 is 0 Å². The van der Waals surface area contributed by atoms with Crippen molar-refractivity contribution in [3.05, 3.63) is 219 Å². The van der Waals surface area contributed by atoms with Crippen LogP contribution in [0, 0.1) is 0 Å². The van der Waals surface area contributed by atoms with Gasteiger partial charge in [0.2, 0.25) is 5.95 Å². The highest BCUT2D eigenvalue weighted by Gasteiger charge is 2.19. The summed E-state index contributed by atoms with van der Waals surface area (Å²) in [4.78, 5) is 15.2. The van der Waals surface area contributed by atoms with Gasteiger partial charge in [0.1, 0.15) is 0 Å². The van der Waals surface area contributed by atoms with Gasteiger partial charge >= 0.3 is 0 Å². The topological polar surface area (TPSA) is 53.5 Å². The van der Waals surface area contributed by atoms with E-state index >= 15 is 0 Å². The first kappa shape index (κ1) is 35.2. The number of benzene rings is 8. The van der Waals surface area contributed by atoms with Crippen molar-refractivity contribution in [3.63, 3.8) is 0 Å². The van der Waals surface area contributed by atoms with Gasteiger partial charge in [-0.25, -0.2) is 9.97 Å². The Morgan fingerprint density at radius 1 is 0.286 bits per heavy atom. The first-order valence-corrected chi connectivity index (χ1v) is 21.3. The van der Waals surface area contributed by atoms with Gasteiger partial charge in [-0.3, -0.25) is 9.55 Å². The summed E-state index contributed by atoms with van der Waals surface area (Å²) in [6.07, 6.45) is 1.87. The molecule has 0 radical (unpaired) electrons. The van der Waals surface area contributed by atoms with E-state index < -0.39 is 0 Å². The molecule has 0 bridgehead atoms. The fraction of sp³-hybridized carbons (Fsp3) is 0. The number of fused-ring (bicyclic) bond motifs is 9. The fourth-order valence-electron chi connectivity index (χ4n) is 9.66. The Labute approximate surface area is 362 Å². The smallest absolute Gasteiger partial charge is 0.235 e. The molecule has 0 aliphatic rings. The Bertz CT molecular complexity index is 3790. The van der Waals surface area contributed by atoms with Gasteiger partial charge in [-0.2, -0.15) is 0 Å². The van der Waals surface area contributed by atoms with Gasteiger partial charge in [-0.1, -0.05) is 127 Å². The molecule has 0 fully saturated rings. The standard InChI is InChI=1S/C57H36N6/c1-3-14-37(15-4-1)48-36-49(38-16-5-2-6-17-38)60-57(59-48)63-51-22-11-8-19-44(51)47-35-40(26-32-54(47)63)39-25-31-53-46(34-39)43-18-7-10-21-50(43)61(53)41-27-29-42(30-28-41)62-52-23-12-9-20-45(52)56-55(62)24-13-33-58-56/h1-36H. The fourth-order valence-corrected chi connectivity index (χ4v) is 9.66. The van der Waals surface area contributed by atoms with Gasteiger partial charge in [-0.15, -0.1) is 0 Å². The molecule has 0 aliphatic heterocycles. The minimum atomic E-state index is 0.642. The summed E-state index contributed by atoms with van der Waals surface area (Å²) >= 11 is 0. The van der Waals surface area contributed by atoms with Crippen LogP contribution in [0.3, 0.4) is 0 Å². The summed E-state index contributed by atoms with van der Waals surface area (Å²) in [6.45, 7) is 0. The van der Waals surface area contributed by atoms with Crippen molar-refractivity contribution in [1.29, 1.82) is 0 Å². The van der Waals surface area contributed by atoms with E-state index in [0.29, 0.717) is 5.95 Å². The van der Waals surface area contributed by atoms with E-state index in [1.165, 1.54) is 16.3 Å². The van der Waals surface area contributed by atoms with E-state index in [2.05, 4.69) is 208 Å². The Morgan fingerprint density at radius 3 is 1.29 bits per heavy atom. The molecule has 0 spiro atoms. The number of aromatic nitrogens is 6. The van der Waals surface area contributed by atoms with Crippen LogP contribution < -0.4 is 0 Å². The molecule has 8 aromatic carbocycles. The molecule has 63 heavy (non-hydrogen) atoms. The highest BCUT2D eigenvalue weighted by atomic mass is 15.2. The van der Waals surface area contributed by atoms with Crippen molar-refractivity contribution in [3.8, 4) is 51.0 Å². The normalized spacial score (nSPS) is 11.8. The van der Waals surface area contributed by atoms with Crippen molar-refractivity contribution in [1.82, 2.24) is 28.7 Å². The average Bonchev–Trinajstić information content (AvgIpc) is 4.00. The molecule has 0 atom stereocenters. The maximum absolute atomic E-state index is 5.23. The van der Waals surface area contributed by atoms with Gasteiger partial charge in [0.25, 0.3) is 0 Å².